The second-order valence-corrected chi connectivity index (χ2v) is 8.93. The summed E-state index contributed by atoms with van der Waals surface area (Å²) in [6.45, 7) is 5.91. The number of nitrogens with one attached hydrogen (secondary N) is 1. The first-order chi connectivity index (χ1) is 13.7. The first-order valence-electron chi connectivity index (χ1n) is 10.1. The summed E-state index contributed by atoms with van der Waals surface area (Å²) in [4.78, 5) is 20.3. The molecule has 28 heavy (non-hydrogen) atoms. The molecule has 2 fully saturated rings. The molecule has 0 amide bonds. The van der Waals surface area contributed by atoms with Crippen LogP contribution in [0.3, 0.4) is 0 Å². The fourth-order valence-electron chi connectivity index (χ4n) is 3.80. The maximum Gasteiger partial charge on any atom is 0.259 e. The fraction of sp³-hybridized carbons (Fsp3) is 0.619. The van der Waals surface area contributed by atoms with Crippen molar-refractivity contribution in [1.82, 2.24) is 9.97 Å². The number of hydrogen-bond acceptors (Lipinski definition) is 6. The summed E-state index contributed by atoms with van der Waals surface area (Å²) in [7, 11) is 0. The molecular weight excluding hydrogens is 376 g/mol. The Morgan fingerprint density at radius 2 is 1.86 bits per heavy atom. The van der Waals surface area contributed by atoms with Crippen LogP contribution < -0.4 is 10.3 Å². The highest BCUT2D eigenvalue weighted by Gasteiger charge is 2.17. The Morgan fingerprint density at radius 3 is 2.61 bits per heavy atom. The molecule has 0 spiro atoms. The minimum absolute atomic E-state index is 0.0685. The number of thioether (sulfide) groups is 1. The number of H-pyrrole nitrogens is 1. The molecule has 2 aliphatic rings. The number of aromatic nitrogens is 2. The average molecular weight is 405 g/mol. The van der Waals surface area contributed by atoms with Gasteiger partial charge in [0.25, 0.3) is 5.56 Å². The molecule has 3 heterocycles. The van der Waals surface area contributed by atoms with Gasteiger partial charge in [-0.05, 0) is 50.2 Å². The van der Waals surface area contributed by atoms with Crippen LogP contribution in [-0.2, 0) is 15.2 Å². The van der Waals surface area contributed by atoms with Crippen LogP contribution in [0.5, 0.6) is 5.75 Å². The van der Waals surface area contributed by atoms with E-state index in [-0.39, 0.29) is 5.56 Å². The van der Waals surface area contributed by atoms with E-state index in [4.69, 9.17) is 19.2 Å². The monoisotopic (exact) mass is 404 g/mol. The Kier molecular flexibility index (Phi) is 6.54. The van der Waals surface area contributed by atoms with E-state index in [2.05, 4.69) is 4.98 Å². The van der Waals surface area contributed by atoms with Gasteiger partial charge in [0, 0.05) is 37.7 Å². The molecule has 0 aliphatic carbocycles. The number of nitrogens with zero attached hydrogens (tertiary/aromatic N) is 1. The Bertz CT molecular complexity index is 852. The largest absolute Gasteiger partial charge is 0.493 e. The normalized spacial score (nSPS) is 19.2. The molecule has 0 atom stereocenters. The Morgan fingerprint density at radius 1 is 1.14 bits per heavy atom. The third-order valence-electron chi connectivity index (χ3n) is 5.48. The lowest BCUT2D eigenvalue weighted by Gasteiger charge is -2.22. The number of rotatable bonds is 6. The zero-order chi connectivity index (χ0) is 19.3. The zero-order valence-electron chi connectivity index (χ0n) is 16.4. The minimum atomic E-state index is -0.0685. The van der Waals surface area contributed by atoms with Gasteiger partial charge in [0.15, 0.2) is 0 Å². The zero-order valence-corrected chi connectivity index (χ0v) is 17.2. The first kappa shape index (κ1) is 19.7. The van der Waals surface area contributed by atoms with E-state index in [0.717, 1.165) is 69.2 Å². The number of ether oxygens (including phenoxy) is 3. The van der Waals surface area contributed by atoms with Crippen LogP contribution in [0, 0.1) is 12.8 Å². The highest BCUT2D eigenvalue weighted by Crippen LogP contribution is 2.26. The third kappa shape index (κ3) is 4.88. The molecule has 7 heteroatoms. The first-order valence-corrected chi connectivity index (χ1v) is 11.2. The fourth-order valence-corrected chi connectivity index (χ4v) is 4.86. The van der Waals surface area contributed by atoms with E-state index in [1.807, 2.05) is 30.8 Å². The van der Waals surface area contributed by atoms with Gasteiger partial charge in [-0.3, -0.25) is 4.79 Å². The van der Waals surface area contributed by atoms with E-state index < -0.39 is 0 Å². The molecule has 0 radical (unpaired) electrons. The predicted molar refractivity (Wildman–Crippen MR) is 111 cm³/mol. The second-order valence-electron chi connectivity index (χ2n) is 7.64. The van der Waals surface area contributed by atoms with Gasteiger partial charge in [-0.25, -0.2) is 4.98 Å². The number of aromatic amines is 1. The van der Waals surface area contributed by atoms with Crippen LogP contribution in [0.25, 0.3) is 10.9 Å². The summed E-state index contributed by atoms with van der Waals surface area (Å²) in [5.74, 6) is 2.76. The Hall–Kier alpha value is -1.57. The van der Waals surface area contributed by atoms with Gasteiger partial charge in [-0.15, -0.1) is 0 Å². The lowest BCUT2D eigenvalue weighted by atomic mass is 10.0. The smallest absolute Gasteiger partial charge is 0.259 e. The Balaban J connectivity index is 1.48. The molecule has 0 bridgehead atoms. The molecule has 0 saturated carbocycles. The molecule has 1 aromatic heterocycles. The van der Waals surface area contributed by atoms with Crippen molar-refractivity contribution in [3.05, 3.63) is 33.9 Å². The highest BCUT2D eigenvalue weighted by molar-refractivity contribution is 7.99. The van der Waals surface area contributed by atoms with Crippen LogP contribution in [0.4, 0.5) is 0 Å². The third-order valence-corrected chi connectivity index (χ3v) is 6.86. The summed E-state index contributed by atoms with van der Waals surface area (Å²) >= 11 is 1.85. The molecule has 2 aliphatic heterocycles. The van der Waals surface area contributed by atoms with Crippen molar-refractivity contribution in [2.45, 2.75) is 43.6 Å². The summed E-state index contributed by atoms with van der Waals surface area (Å²) in [5, 5.41) is 1.23. The van der Waals surface area contributed by atoms with Crippen LogP contribution in [0.2, 0.25) is 0 Å². The van der Waals surface area contributed by atoms with Crippen molar-refractivity contribution in [1.29, 1.82) is 0 Å². The van der Waals surface area contributed by atoms with Gasteiger partial charge < -0.3 is 19.2 Å². The number of hydrogen-bond donors (Lipinski definition) is 1. The molecule has 1 aromatic carbocycles. The van der Waals surface area contributed by atoms with Crippen molar-refractivity contribution >= 4 is 22.7 Å². The van der Waals surface area contributed by atoms with Gasteiger partial charge >= 0.3 is 0 Å². The van der Waals surface area contributed by atoms with Crippen molar-refractivity contribution < 1.29 is 14.2 Å². The van der Waals surface area contributed by atoms with Gasteiger partial charge in [-0.1, -0.05) is 0 Å². The van der Waals surface area contributed by atoms with Gasteiger partial charge in [0.2, 0.25) is 0 Å². The van der Waals surface area contributed by atoms with Crippen LogP contribution >= 0.6 is 11.8 Å². The molecule has 2 aromatic rings. The van der Waals surface area contributed by atoms with Gasteiger partial charge in [0.05, 0.1) is 23.3 Å². The van der Waals surface area contributed by atoms with E-state index >= 15 is 0 Å². The van der Waals surface area contributed by atoms with Crippen LogP contribution in [0.1, 0.15) is 37.1 Å². The summed E-state index contributed by atoms with van der Waals surface area (Å²) < 4.78 is 16.9. The highest BCUT2D eigenvalue weighted by atomic mass is 32.2. The van der Waals surface area contributed by atoms with Crippen LogP contribution in [-0.4, -0.2) is 48.3 Å². The van der Waals surface area contributed by atoms with Crippen molar-refractivity contribution in [3.8, 4) is 5.75 Å². The number of aryl methyl sites for hydroxylation is 1. The lowest BCUT2D eigenvalue weighted by Crippen LogP contribution is -2.21. The van der Waals surface area contributed by atoms with E-state index in [0.29, 0.717) is 34.4 Å². The van der Waals surface area contributed by atoms with E-state index in [1.165, 1.54) is 0 Å². The lowest BCUT2D eigenvalue weighted by molar-refractivity contribution is 0.0497. The molecule has 6 nitrogen and oxygen atoms in total. The summed E-state index contributed by atoms with van der Waals surface area (Å²) in [6.07, 6.45) is 4.20. The second kappa shape index (κ2) is 9.29. The van der Waals surface area contributed by atoms with E-state index in [1.54, 1.807) is 0 Å². The molecule has 0 unspecified atom stereocenters. The standard InChI is InChI=1S/C21H28N2O4S/c1-14-10-16(27-12-15-2-6-25-7-3-15)11-18-20(14)21(24)23-19(22-18)13-28-17-4-8-26-9-5-17/h10-11,15,17H,2-9,12-13H2,1H3,(H,22,23,24). The SMILES string of the molecule is Cc1cc(OCC2CCOCC2)cc2nc(CSC3CCOCC3)[nH]c(=O)c12. The van der Waals surface area contributed by atoms with Crippen molar-refractivity contribution in [2.24, 2.45) is 5.92 Å². The summed E-state index contributed by atoms with van der Waals surface area (Å²) in [6, 6.07) is 3.84. The van der Waals surface area contributed by atoms with Crippen molar-refractivity contribution in [2.75, 3.05) is 33.0 Å². The molecule has 2 saturated heterocycles. The quantitative estimate of drug-likeness (QED) is 0.795. The maximum absolute atomic E-state index is 12.6. The van der Waals surface area contributed by atoms with Gasteiger partial charge in [0.1, 0.15) is 11.6 Å². The number of benzene rings is 1. The topological polar surface area (TPSA) is 73.4 Å². The molecular formula is C21H28N2O4S. The maximum atomic E-state index is 12.6. The summed E-state index contributed by atoms with van der Waals surface area (Å²) in [5.41, 5.74) is 1.55. The molecule has 152 valence electrons. The number of fused-ring (bicyclic) bond motifs is 1. The van der Waals surface area contributed by atoms with Crippen LogP contribution in [0.15, 0.2) is 16.9 Å². The molecule has 1 N–H and O–H groups in total. The van der Waals surface area contributed by atoms with Crippen molar-refractivity contribution in [3.63, 3.8) is 0 Å². The van der Waals surface area contributed by atoms with Gasteiger partial charge in [-0.2, -0.15) is 11.8 Å². The predicted octanol–water partition coefficient (Wildman–Crippen LogP) is 3.45. The molecule has 4 rings (SSSR count). The minimum Gasteiger partial charge on any atom is -0.493 e. The Labute approximate surface area is 169 Å². The van der Waals surface area contributed by atoms with E-state index in [9.17, 15) is 4.79 Å². The average Bonchev–Trinajstić information content (AvgIpc) is 2.72.